The van der Waals surface area contributed by atoms with Crippen LogP contribution >= 0.6 is 0 Å². The summed E-state index contributed by atoms with van der Waals surface area (Å²) in [6.07, 6.45) is 0. The van der Waals surface area contributed by atoms with Crippen molar-refractivity contribution in [2.45, 2.75) is 6.92 Å². The summed E-state index contributed by atoms with van der Waals surface area (Å²) in [6.45, 7) is 0.787. The topological polar surface area (TPSA) is 126 Å². The highest BCUT2D eigenvalue weighted by Crippen LogP contribution is 2.25. The number of ether oxygens (including phenoxy) is 1. The molecule has 9 nitrogen and oxygen atoms in total. The van der Waals surface area contributed by atoms with Crippen molar-refractivity contribution in [2.24, 2.45) is 0 Å². The van der Waals surface area contributed by atoms with Crippen molar-refractivity contribution in [3.8, 4) is 5.75 Å². The third-order valence-corrected chi connectivity index (χ3v) is 2.91. The molecule has 1 rings (SSSR count). The van der Waals surface area contributed by atoms with E-state index in [1.807, 2.05) is 0 Å². The minimum atomic E-state index is -0.501. The minimum absolute atomic E-state index is 0.210. The van der Waals surface area contributed by atoms with Gasteiger partial charge in [0.2, 0.25) is 17.7 Å². The molecule has 0 atom stereocenters. The van der Waals surface area contributed by atoms with E-state index in [0.717, 1.165) is 0 Å². The predicted octanol–water partition coefficient (Wildman–Crippen LogP) is -0.754. The fourth-order valence-electron chi connectivity index (χ4n) is 1.73. The Hall–Kier alpha value is -3.10. The van der Waals surface area contributed by atoms with Crippen LogP contribution in [0.4, 0.5) is 5.69 Å². The molecule has 4 N–H and O–H groups in total. The molecule has 130 valence electrons. The number of rotatable bonds is 7. The maximum Gasteiger partial charge on any atom is 0.251 e. The summed E-state index contributed by atoms with van der Waals surface area (Å²) < 4.78 is 5.12. The van der Waals surface area contributed by atoms with Gasteiger partial charge >= 0.3 is 0 Å². The number of amides is 4. The third kappa shape index (κ3) is 5.95. The first-order valence-electron chi connectivity index (χ1n) is 7.08. The Kier molecular flexibility index (Phi) is 7.21. The monoisotopic (exact) mass is 336 g/mol. The van der Waals surface area contributed by atoms with E-state index in [1.54, 1.807) is 12.1 Å². The maximum atomic E-state index is 11.9. The van der Waals surface area contributed by atoms with Gasteiger partial charge in [-0.2, -0.15) is 0 Å². The normalized spacial score (nSPS) is 9.62. The van der Waals surface area contributed by atoms with Crippen molar-refractivity contribution in [2.75, 3.05) is 32.6 Å². The van der Waals surface area contributed by atoms with Gasteiger partial charge in [-0.1, -0.05) is 0 Å². The van der Waals surface area contributed by atoms with Gasteiger partial charge in [0, 0.05) is 19.5 Å². The van der Waals surface area contributed by atoms with Crippen LogP contribution in [0.3, 0.4) is 0 Å². The lowest BCUT2D eigenvalue weighted by atomic mass is 10.1. The molecule has 1 aromatic rings. The molecule has 0 spiro atoms. The van der Waals surface area contributed by atoms with Gasteiger partial charge < -0.3 is 26.0 Å². The predicted molar refractivity (Wildman–Crippen MR) is 86.7 cm³/mol. The summed E-state index contributed by atoms with van der Waals surface area (Å²) in [7, 11) is 2.93. The van der Waals surface area contributed by atoms with Crippen molar-refractivity contribution >= 4 is 29.3 Å². The van der Waals surface area contributed by atoms with E-state index in [2.05, 4.69) is 21.3 Å². The maximum absolute atomic E-state index is 11.9. The van der Waals surface area contributed by atoms with Crippen molar-refractivity contribution in [3.05, 3.63) is 23.8 Å². The highest BCUT2D eigenvalue weighted by Gasteiger charge is 2.12. The summed E-state index contributed by atoms with van der Waals surface area (Å²) in [6, 6.07) is 4.58. The third-order valence-electron chi connectivity index (χ3n) is 2.91. The molecule has 0 radical (unpaired) electrons. The second-order valence-corrected chi connectivity index (χ2v) is 4.73. The Morgan fingerprint density at radius 2 is 1.71 bits per heavy atom. The quantitative estimate of drug-likeness (QED) is 0.521. The number of benzene rings is 1. The fourth-order valence-corrected chi connectivity index (χ4v) is 1.73. The molecule has 0 aliphatic rings. The standard InChI is InChI=1S/C15H20N4O5/c1-9(20)17-7-13(21)18-8-14(22)19-11-6-10(15(23)16-2)4-5-12(11)24-3/h4-6H,7-8H2,1-3H3,(H,16,23)(H,17,20)(H,18,21)(H,19,22). The molecule has 9 heteroatoms. The van der Waals surface area contributed by atoms with E-state index in [-0.39, 0.29) is 24.9 Å². The van der Waals surface area contributed by atoms with Crippen LogP contribution in [0.1, 0.15) is 17.3 Å². The Morgan fingerprint density at radius 1 is 1.04 bits per heavy atom. The minimum Gasteiger partial charge on any atom is -0.495 e. The molecule has 1 aromatic carbocycles. The Morgan fingerprint density at radius 3 is 2.29 bits per heavy atom. The van der Waals surface area contributed by atoms with Crippen LogP contribution in [0.5, 0.6) is 5.75 Å². The first kappa shape index (κ1) is 18.9. The molecule has 24 heavy (non-hydrogen) atoms. The molecule has 0 aliphatic carbocycles. The van der Waals surface area contributed by atoms with Crippen molar-refractivity contribution in [1.82, 2.24) is 16.0 Å². The van der Waals surface area contributed by atoms with Gasteiger partial charge in [0.05, 0.1) is 25.9 Å². The lowest BCUT2D eigenvalue weighted by Crippen LogP contribution is -2.39. The van der Waals surface area contributed by atoms with Crippen LogP contribution in [0.15, 0.2) is 18.2 Å². The fraction of sp³-hybridized carbons (Fsp3) is 0.333. The van der Waals surface area contributed by atoms with Gasteiger partial charge in [0.25, 0.3) is 5.91 Å². The van der Waals surface area contributed by atoms with E-state index in [0.29, 0.717) is 17.0 Å². The molecule has 0 aliphatic heterocycles. The molecular weight excluding hydrogens is 316 g/mol. The first-order chi connectivity index (χ1) is 11.4. The highest BCUT2D eigenvalue weighted by molar-refractivity contribution is 5.99. The average molecular weight is 336 g/mol. The van der Waals surface area contributed by atoms with Crippen molar-refractivity contribution in [3.63, 3.8) is 0 Å². The van der Waals surface area contributed by atoms with Crippen molar-refractivity contribution < 1.29 is 23.9 Å². The Bertz CT molecular complexity index is 645. The van der Waals surface area contributed by atoms with Gasteiger partial charge in [-0.15, -0.1) is 0 Å². The van der Waals surface area contributed by atoms with Crippen LogP contribution in [0, 0.1) is 0 Å². The van der Waals surface area contributed by atoms with E-state index in [1.165, 1.54) is 27.1 Å². The molecule has 0 aromatic heterocycles. The summed E-state index contributed by atoms with van der Waals surface area (Å²) in [4.78, 5) is 45.7. The van der Waals surface area contributed by atoms with Crippen molar-refractivity contribution in [1.29, 1.82) is 0 Å². The summed E-state index contributed by atoms with van der Waals surface area (Å²) in [5.41, 5.74) is 0.656. The van der Waals surface area contributed by atoms with E-state index in [4.69, 9.17) is 4.74 Å². The van der Waals surface area contributed by atoms with Gasteiger partial charge in [-0.05, 0) is 18.2 Å². The van der Waals surface area contributed by atoms with Crippen LogP contribution in [-0.4, -0.2) is 50.9 Å². The smallest absolute Gasteiger partial charge is 0.251 e. The van der Waals surface area contributed by atoms with Gasteiger partial charge in [-0.3, -0.25) is 19.2 Å². The second-order valence-electron chi connectivity index (χ2n) is 4.73. The average Bonchev–Trinajstić information content (AvgIpc) is 2.57. The number of hydrogen-bond acceptors (Lipinski definition) is 5. The molecule has 0 heterocycles. The molecule has 0 bridgehead atoms. The zero-order chi connectivity index (χ0) is 18.1. The number of methoxy groups -OCH3 is 1. The van der Waals surface area contributed by atoms with Gasteiger partial charge in [0.15, 0.2) is 0 Å². The lowest BCUT2D eigenvalue weighted by Gasteiger charge is -2.12. The molecule has 0 saturated heterocycles. The highest BCUT2D eigenvalue weighted by atomic mass is 16.5. The summed E-state index contributed by atoms with van der Waals surface area (Å²) in [5.74, 6) is -1.27. The lowest BCUT2D eigenvalue weighted by molar-refractivity contribution is -0.126. The van der Waals surface area contributed by atoms with E-state index < -0.39 is 11.8 Å². The summed E-state index contributed by atoms with van der Waals surface area (Å²) >= 11 is 0. The van der Waals surface area contributed by atoms with E-state index in [9.17, 15) is 19.2 Å². The number of anilines is 1. The zero-order valence-corrected chi connectivity index (χ0v) is 13.7. The van der Waals surface area contributed by atoms with Gasteiger partial charge in [-0.25, -0.2) is 0 Å². The molecule has 0 unspecified atom stereocenters. The SMILES string of the molecule is CNC(=O)c1ccc(OC)c(NC(=O)CNC(=O)CNC(C)=O)c1. The molecule has 0 fully saturated rings. The van der Waals surface area contributed by atoms with E-state index >= 15 is 0 Å². The number of carbonyl (C=O) groups is 4. The Balaban J connectivity index is 2.66. The van der Waals surface area contributed by atoms with Crippen LogP contribution in [0.2, 0.25) is 0 Å². The second kappa shape index (κ2) is 9.13. The number of nitrogens with one attached hydrogen (secondary N) is 4. The molecular formula is C15H20N4O5. The van der Waals surface area contributed by atoms with Crippen LogP contribution in [0.25, 0.3) is 0 Å². The Labute approximate surface area is 139 Å². The van der Waals surface area contributed by atoms with Gasteiger partial charge in [0.1, 0.15) is 5.75 Å². The number of carbonyl (C=O) groups excluding carboxylic acids is 4. The first-order valence-corrected chi connectivity index (χ1v) is 7.08. The molecule has 0 saturated carbocycles. The zero-order valence-electron chi connectivity index (χ0n) is 13.7. The number of hydrogen-bond donors (Lipinski definition) is 4. The summed E-state index contributed by atoms with van der Waals surface area (Å²) in [5, 5.41) is 9.71. The molecule has 4 amide bonds. The van der Waals surface area contributed by atoms with Crippen LogP contribution in [-0.2, 0) is 14.4 Å². The van der Waals surface area contributed by atoms with Crippen LogP contribution < -0.4 is 26.0 Å². The largest absolute Gasteiger partial charge is 0.495 e.